The molecule has 0 unspecified atom stereocenters. The average molecular weight is 306 g/mol. The molecule has 1 aromatic carbocycles. The van der Waals surface area contributed by atoms with E-state index in [-0.39, 0.29) is 5.91 Å². The van der Waals surface area contributed by atoms with Gasteiger partial charge in [-0.3, -0.25) is 9.78 Å². The number of aryl methyl sites for hydroxylation is 1. The lowest BCUT2D eigenvalue weighted by atomic mass is 10.2. The number of carbonyl (C=O) groups is 1. The zero-order valence-electron chi connectivity index (χ0n) is 12.7. The number of nitrogens with one attached hydrogen (secondary N) is 1. The largest absolute Gasteiger partial charge is 0.351 e. The first-order valence-corrected chi connectivity index (χ1v) is 7.60. The molecule has 0 fully saturated rings. The van der Waals surface area contributed by atoms with Gasteiger partial charge in [0.1, 0.15) is 11.5 Å². The number of hydrogen-bond donors (Lipinski definition) is 1. The maximum Gasteiger partial charge on any atom is 0.269 e. The first-order valence-electron chi connectivity index (χ1n) is 7.60. The molecule has 0 aliphatic heterocycles. The number of pyridine rings is 1. The number of aromatic nitrogens is 3. The fourth-order valence-corrected chi connectivity index (χ4v) is 2.38. The van der Waals surface area contributed by atoms with Crippen LogP contribution in [0.25, 0.3) is 11.4 Å². The Hall–Kier alpha value is -2.95. The molecule has 0 bridgehead atoms. The number of rotatable bonds is 6. The highest BCUT2D eigenvalue weighted by molar-refractivity contribution is 5.92. The SMILES string of the molecule is O=C(NCCCn1ccnc1-c1ccccc1)c1ccccn1. The van der Waals surface area contributed by atoms with Crippen LogP contribution in [0, 0.1) is 0 Å². The summed E-state index contributed by atoms with van der Waals surface area (Å²) in [5, 5.41) is 2.89. The van der Waals surface area contributed by atoms with E-state index in [0.717, 1.165) is 24.4 Å². The Morgan fingerprint density at radius 3 is 2.61 bits per heavy atom. The van der Waals surface area contributed by atoms with Crippen LogP contribution in [0.3, 0.4) is 0 Å². The van der Waals surface area contributed by atoms with Gasteiger partial charge in [0.25, 0.3) is 5.91 Å². The lowest BCUT2D eigenvalue weighted by molar-refractivity contribution is 0.0948. The molecule has 2 aromatic heterocycles. The molecule has 0 aliphatic carbocycles. The second kappa shape index (κ2) is 7.35. The minimum Gasteiger partial charge on any atom is -0.351 e. The Balaban J connectivity index is 1.52. The van der Waals surface area contributed by atoms with Gasteiger partial charge in [0.15, 0.2) is 0 Å². The van der Waals surface area contributed by atoms with E-state index in [1.54, 1.807) is 30.6 Å². The molecule has 0 saturated heterocycles. The summed E-state index contributed by atoms with van der Waals surface area (Å²) in [5.41, 5.74) is 1.54. The van der Waals surface area contributed by atoms with Crippen LogP contribution in [0.1, 0.15) is 16.9 Å². The first kappa shape index (κ1) is 15.0. The normalized spacial score (nSPS) is 10.4. The van der Waals surface area contributed by atoms with Gasteiger partial charge in [0.05, 0.1) is 0 Å². The predicted molar refractivity (Wildman–Crippen MR) is 88.9 cm³/mol. The molecule has 0 radical (unpaired) electrons. The molecule has 0 saturated carbocycles. The molecule has 0 spiro atoms. The Bertz CT molecular complexity index is 753. The van der Waals surface area contributed by atoms with E-state index < -0.39 is 0 Å². The van der Waals surface area contributed by atoms with Crippen molar-refractivity contribution in [1.29, 1.82) is 0 Å². The lowest BCUT2D eigenvalue weighted by Gasteiger charge is -2.08. The number of nitrogens with zero attached hydrogens (tertiary/aromatic N) is 3. The molecule has 0 atom stereocenters. The molecular weight excluding hydrogens is 288 g/mol. The Morgan fingerprint density at radius 1 is 1.00 bits per heavy atom. The molecule has 5 heteroatoms. The van der Waals surface area contributed by atoms with E-state index in [1.165, 1.54) is 0 Å². The zero-order valence-corrected chi connectivity index (χ0v) is 12.7. The van der Waals surface area contributed by atoms with E-state index >= 15 is 0 Å². The highest BCUT2D eigenvalue weighted by atomic mass is 16.1. The van der Waals surface area contributed by atoms with E-state index in [2.05, 4.69) is 19.9 Å². The molecule has 2 heterocycles. The molecule has 1 N–H and O–H groups in total. The van der Waals surface area contributed by atoms with Gasteiger partial charge >= 0.3 is 0 Å². The van der Waals surface area contributed by atoms with Gasteiger partial charge in [-0.2, -0.15) is 0 Å². The smallest absolute Gasteiger partial charge is 0.269 e. The molecule has 5 nitrogen and oxygen atoms in total. The van der Waals surface area contributed by atoms with Crippen molar-refractivity contribution >= 4 is 5.91 Å². The van der Waals surface area contributed by atoms with Crippen molar-refractivity contribution < 1.29 is 4.79 Å². The van der Waals surface area contributed by atoms with E-state index in [9.17, 15) is 4.79 Å². The molecule has 23 heavy (non-hydrogen) atoms. The average Bonchev–Trinajstić information content (AvgIpc) is 3.08. The summed E-state index contributed by atoms with van der Waals surface area (Å²) in [4.78, 5) is 20.3. The van der Waals surface area contributed by atoms with Gasteiger partial charge in [0.2, 0.25) is 0 Å². The van der Waals surface area contributed by atoms with Crippen LogP contribution in [0.5, 0.6) is 0 Å². The number of imidazole rings is 1. The van der Waals surface area contributed by atoms with Crippen molar-refractivity contribution in [2.75, 3.05) is 6.54 Å². The van der Waals surface area contributed by atoms with Crippen LogP contribution >= 0.6 is 0 Å². The number of benzene rings is 1. The molecule has 3 aromatic rings. The summed E-state index contributed by atoms with van der Waals surface area (Å²) in [6.45, 7) is 1.40. The van der Waals surface area contributed by atoms with Crippen molar-refractivity contribution in [3.63, 3.8) is 0 Å². The highest BCUT2D eigenvalue weighted by Gasteiger charge is 2.07. The molecule has 116 valence electrons. The van der Waals surface area contributed by atoms with Crippen molar-refractivity contribution in [2.24, 2.45) is 0 Å². The third-order valence-electron chi connectivity index (χ3n) is 3.51. The summed E-state index contributed by atoms with van der Waals surface area (Å²) < 4.78 is 2.10. The van der Waals surface area contributed by atoms with Crippen LogP contribution in [-0.2, 0) is 6.54 Å². The summed E-state index contributed by atoms with van der Waals surface area (Å²) in [6, 6.07) is 15.4. The Labute approximate surface area is 135 Å². The van der Waals surface area contributed by atoms with Crippen LogP contribution < -0.4 is 5.32 Å². The lowest BCUT2D eigenvalue weighted by Crippen LogP contribution is -2.26. The number of carbonyl (C=O) groups excluding carboxylic acids is 1. The minimum atomic E-state index is -0.139. The van der Waals surface area contributed by atoms with Gasteiger partial charge in [0, 0.05) is 37.2 Å². The zero-order chi connectivity index (χ0) is 15.9. The second-order valence-electron chi connectivity index (χ2n) is 5.13. The maximum absolute atomic E-state index is 11.9. The van der Waals surface area contributed by atoms with Gasteiger partial charge in [-0.15, -0.1) is 0 Å². The van der Waals surface area contributed by atoms with Gasteiger partial charge in [-0.05, 0) is 18.6 Å². The van der Waals surface area contributed by atoms with E-state index in [4.69, 9.17) is 0 Å². The second-order valence-corrected chi connectivity index (χ2v) is 5.13. The number of hydrogen-bond acceptors (Lipinski definition) is 3. The molecule has 3 rings (SSSR count). The van der Waals surface area contributed by atoms with E-state index in [1.807, 2.05) is 36.5 Å². The van der Waals surface area contributed by atoms with Gasteiger partial charge < -0.3 is 9.88 Å². The van der Waals surface area contributed by atoms with Gasteiger partial charge in [-0.25, -0.2) is 4.98 Å². The van der Waals surface area contributed by atoms with Crippen molar-refractivity contribution in [1.82, 2.24) is 19.9 Å². The summed E-state index contributed by atoms with van der Waals surface area (Å²) in [7, 11) is 0. The summed E-state index contributed by atoms with van der Waals surface area (Å²) in [5.74, 6) is 0.807. The minimum absolute atomic E-state index is 0.139. The van der Waals surface area contributed by atoms with Crippen LogP contribution in [0.4, 0.5) is 0 Å². The summed E-state index contributed by atoms with van der Waals surface area (Å²) >= 11 is 0. The van der Waals surface area contributed by atoms with Crippen molar-refractivity contribution in [2.45, 2.75) is 13.0 Å². The van der Waals surface area contributed by atoms with Crippen molar-refractivity contribution in [3.05, 3.63) is 72.8 Å². The third kappa shape index (κ3) is 3.83. The standard InChI is InChI=1S/C18H18N4O/c23-18(16-9-4-5-10-19-16)21-11-6-13-22-14-12-20-17(22)15-7-2-1-3-8-15/h1-5,7-10,12,14H,6,11,13H2,(H,21,23). The predicted octanol–water partition coefficient (Wildman–Crippen LogP) is 2.77. The molecule has 1 amide bonds. The Kier molecular flexibility index (Phi) is 4.79. The molecule has 0 aliphatic rings. The summed E-state index contributed by atoms with van der Waals surface area (Å²) in [6.07, 6.45) is 6.21. The highest BCUT2D eigenvalue weighted by Crippen LogP contribution is 2.16. The quantitative estimate of drug-likeness (QED) is 0.712. The Morgan fingerprint density at radius 2 is 1.83 bits per heavy atom. The first-order chi connectivity index (χ1) is 11.3. The maximum atomic E-state index is 11.9. The van der Waals surface area contributed by atoms with Crippen LogP contribution in [-0.4, -0.2) is 27.0 Å². The van der Waals surface area contributed by atoms with E-state index in [0.29, 0.717) is 12.2 Å². The topological polar surface area (TPSA) is 59.8 Å². The fourth-order valence-electron chi connectivity index (χ4n) is 2.38. The third-order valence-corrected chi connectivity index (χ3v) is 3.51. The monoisotopic (exact) mass is 306 g/mol. The van der Waals surface area contributed by atoms with Crippen molar-refractivity contribution in [3.8, 4) is 11.4 Å². The number of amides is 1. The fraction of sp³-hybridized carbons (Fsp3) is 0.167. The van der Waals surface area contributed by atoms with Crippen LogP contribution in [0.2, 0.25) is 0 Å². The van der Waals surface area contributed by atoms with Gasteiger partial charge in [-0.1, -0.05) is 36.4 Å². The molecular formula is C18H18N4O. The van der Waals surface area contributed by atoms with Crippen LogP contribution in [0.15, 0.2) is 67.1 Å².